The van der Waals surface area contributed by atoms with Gasteiger partial charge in [0.15, 0.2) is 11.0 Å². The van der Waals surface area contributed by atoms with Gasteiger partial charge in [0.1, 0.15) is 0 Å². The van der Waals surface area contributed by atoms with Crippen molar-refractivity contribution >= 4 is 11.8 Å². The van der Waals surface area contributed by atoms with Crippen molar-refractivity contribution in [3.8, 4) is 0 Å². The van der Waals surface area contributed by atoms with Gasteiger partial charge in [0.05, 0.1) is 11.4 Å². The Morgan fingerprint density at radius 3 is 2.83 bits per heavy atom. The Bertz CT molecular complexity index is 764. The fraction of sp³-hybridized carbons (Fsp3) is 0.412. The van der Waals surface area contributed by atoms with Crippen LogP contribution >= 0.6 is 11.8 Å². The molecule has 0 bridgehead atoms. The maximum absolute atomic E-state index is 4.73. The lowest BCUT2D eigenvalue weighted by atomic mass is 10.1. The largest absolute Gasteiger partial charge is 0.337 e. The molecule has 0 aliphatic carbocycles. The van der Waals surface area contributed by atoms with Crippen LogP contribution in [0, 0.1) is 6.92 Å². The number of rotatable bonds is 8. The molecule has 3 aromatic rings. The first kappa shape index (κ1) is 16.7. The molecule has 1 N–H and O–H groups in total. The van der Waals surface area contributed by atoms with E-state index in [-0.39, 0.29) is 0 Å². The number of aryl methyl sites for hydroxylation is 2. The minimum Gasteiger partial charge on any atom is -0.337 e. The second kappa shape index (κ2) is 8.10. The number of thioether (sulfide) groups is 1. The zero-order valence-corrected chi connectivity index (χ0v) is 14.9. The van der Waals surface area contributed by atoms with Gasteiger partial charge in [-0.15, -0.1) is 5.10 Å². The summed E-state index contributed by atoms with van der Waals surface area (Å²) in [5.41, 5.74) is 3.48. The number of nitrogens with zero attached hydrogens (tertiary/aromatic N) is 5. The van der Waals surface area contributed by atoms with Crippen molar-refractivity contribution in [3.05, 3.63) is 53.1 Å². The second-order valence-electron chi connectivity index (χ2n) is 5.74. The highest BCUT2D eigenvalue weighted by atomic mass is 32.2. The van der Waals surface area contributed by atoms with Crippen molar-refractivity contribution in [1.29, 1.82) is 0 Å². The van der Waals surface area contributed by atoms with Crippen molar-refractivity contribution < 1.29 is 0 Å². The van der Waals surface area contributed by atoms with Crippen LogP contribution in [0.15, 0.2) is 35.5 Å². The maximum atomic E-state index is 4.73. The van der Waals surface area contributed by atoms with Crippen LogP contribution in [0.2, 0.25) is 0 Å². The third-order valence-corrected chi connectivity index (χ3v) is 4.72. The lowest BCUT2D eigenvalue weighted by Crippen LogP contribution is -2.05. The summed E-state index contributed by atoms with van der Waals surface area (Å²) in [6.07, 6.45) is 3.06. The average Bonchev–Trinajstić information content (AvgIpc) is 3.18. The molecule has 2 heterocycles. The number of hydrogen-bond donors (Lipinski definition) is 1. The second-order valence-corrected chi connectivity index (χ2v) is 6.70. The van der Waals surface area contributed by atoms with Crippen LogP contribution in [0.3, 0.4) is 0 Å². The first-order valence-corrected chi connectivity index (χ1v) is 9.22. The summed E-state index contributed by atoms with van der Waals surface area (Å²) in [6, 6.07) is 10.4. The van der Waals surface area contributed by atoms with E-state index in [9.17, 15) is 0 Å². The van der Waals surface area contributed by atoms with E-state index in [1.54, 1.807) is 11.8 Å². The van der Waals surface area contributed by atoms with E-state index in [0.717, 1.165) is 48.2 Å². The standard InChI is InChI=1S/C17H22N6S/c1-3-4-10-23-16(20-21-22-23)12-24-17-18-13(2)15(19-17)11-14-8-6-5-7-9-14/h5-9H,3-4,10-12H2,1-2H3,(H,18,19). The first-order chi connectivity index (χ1) is 11.8. The molecule has 0 aliphatic heterocycles. The van der Waals surface area contributed by atoms with Crippen LogP contribution in [-0.2, 0) is 18.7 Å². The third kappa shape index (κ3) is 4.23. The van der Waals surface area contributed by atoms with Gasteiger partial charge < -0.3 is 4.98 Å². The molecule has 0 fully saturated rings. The quantitative estimate of drug-likeness (QED) is 0.635. The summed E-state index contributed by atoms with van der Waals surface area (Å²) >= 11 is 1.64. The van der Waals surface area contributed by atoms with Crippen LogP contribution < -0.4 is 0 Å². The van der Waals surface area contributed by atoms with E-state index in [1.807, 2.05) is 10.7 Å². The van der Waals surface area contributed by atoms with Gasteiger partial charge in [-0.05, 0) is 29.3 Å². The Morgan fingerprint density at radius 1 is 1.21 bits per heavy atom. The van der Waals surface area contributed by atoms with E-state index in [1.165, 1.54) is 5.56 Å². The summed E-state index contributed by atoms with van der Waals surface area (Å²) in [4.78, 5) is 8.09. The van der Waals surface area contributed by atoms with E-state index in [0.29, 0.717) is 5.75 Å². The summed E-state index contributed by atoms with van der Waals surface area (Å²) in [6.45, 7) is 5.11. The van der Waals surface area contributed by atoms with Gasteiger partial charge in [-0.2, -0.15) is 0 Å². The predicted molar refractivity (Wildman–Crippen MR) is 94.9 cm³/mol. The Hall–Kier alpha value is -2.15. The SMILES string of the molecule is CCCCn1nnnc1CSc1nc(Cc2ccccc2)c(C)[nH]1. The Balaban J connectivity index is 1.62. The smallest absolute Gasteiger partial charge is 0.166 e. The zero-order chi connectivity index (χ0) is 16.8. The van der Waals surface area contributed by atoms with Gasteiger partial charge in [0.25, 0.3) is 0 Å². The molecular weight excluding hydrogens is 320 g/mol. The lowest BCUT2D eigenvalue weighted by Gasteiger charge is -2.02. The molecule has 2 aromatic heterocycles. The molecule has 3 rings (SSSR count). The van der Waals surface area contributed by atoms with Crippen LogP contribution in [0.5, 0.6) is 0 Å². The predicted octanol–water partition coefficient (Wildman–Crippen LogP) is 3.39. The Morgan fingerprint density at radius 2 is 2.04 bits per heavy atom. The van der Waals surface area contributed by atoms with E-state index in [2.05, 4.69) is 58.6 Å². The minimum absolute atomic E-state index is 0.717. The third-order valence-electron chi connectivity index (χ3n) is 3.85. The van der Waals surface area contributed by atoms with Crippen molar-refractivity contribution in [2.24, 2.45) is 0 Å². The van der Waals surface area contributed by atoms with Gasteiger partial charge in [-0.3, -0.25) is 0 Å². The molecule has 7 heteroatoms. The van der Waals surface area contributed by atoms with Gasteiger partial charge in [0.2, 0.25) is 0 Å². The van der Waals surface area contributed by atoms with Gasteiger partial charge >= 0.3 is 0 Å². The summed E-state index contributed by atoms with van der Waals surface area (Å²) in [5.74, 6) is 1.61. The molecule has 24 heavy (non-hydrogen) atoms. The van der Waals surface area contributed by atoms with Crippen LogP contribution in [-0.4, -0.2) is 30.2 Å². The van der Waals surface area contributed by atoms with Crippen molar-refractivity contribution in [2.45, 2.75) is 50.6 Å². The average molecular weight is 342 g/mol. The highest BCUT2D eigenvalue weighted by Crippen LogP contribution is 2.21. The number of hydrogen-bond acceptors (Lipinski definition) is 5. The molecular formula is C17H22N6S. The van der Waals surface area contributed by atoms with Crippen LogP contribution in [0.4, 0.5) is 0 Å². The van der Waals surface area contributed by atoms with Crippen LogP contribution in [0.25, 0.3) is 0 Å². The summed E-state index contributed by atoms with van der Waals surface area (Å²) in [7, 11) is 0. The van der Waals surface area contributed by atoms with Crippen molar-refractivity contribution in [1.82, 2.24) is 30.2 Å². The molecule has 0 saturated heterocycles. The van der Waals surface area contributed by atoms with Gasteiger partial charge in [-0.1, -0.05) is 55.4 Å². The highest BCUT2D eigenvalue weighted by molar-refractivity contribution is 7.98. The number of aromatic amines is 1. The van der Waals surface area contributed by atoms with Crippen molar-refractivity contribution in [2.75, 3.05) is 0 Å². The Kier molecular flexibility index (Phi) is 5.63. The molecule has 0 amide bonds. The molecule has 0 aliphatic rings. The molecule has 0 spiro atoms. The van der Waals surface area contributed by atoms with E-state index < -0.39 is 0 Å². The maximum Gasteiger partial charge on any atom is 0.166 e. The molecule has 0 saturated carbocycles. The number of aromatic nitrogens is 6. The monoisotopic (exact) mass is 342 g/mol. The van der Waals surface area contributed by atoms with E-state index >= 15 is 0 Å². The first-order valence-electron chi connectivity index (χ1n) is 8.23. The number of nitrogens with one attached hydrogen (secondary N) is 1. The molecule has 126 valence electrons. The number of tetrazole rings is 1. The number of benzene rings is 1. The Labute approximate surface area is 146 Å². The minimum atomic E-state index is 0.717. The topological polar surface area (TPSA) is 72.3 Å². The fourth-order valence-electron chi connectivity index (χ4n) is 2.44. The van der Waals surface area contributed by atoms with Gasteiger partial charge in [0, 0.05) is 18.7 Å². The lowest BCUT2D eigenvalue weighted by molar-refractivity contribution is 0.540. The molecule has 6 nitrogen and oxygen atoms in total. The normalized spacial score (nSPS) is 11.1. The summed E-state index contributed by atoms with van der Waals surface area (Å²) < 4.78 is 1.89. The molecule has 0 atom stereocenters. The summed E-state index contributed by atoms with van der Waals surface area (Å²) in [5, 5.41) is 12.9. The van der Waals surface area contributed by atoms with Gasteiger partial charge in [-0.25, -0.2) is 9.67 Å². The fourth-order valence-corrected chi connectivity index (χ4v) is 3.31. The highest BCUT2D eigenvalue weighted by Gasteiger charge is 2.11. The number of H-pyrrole nitrogens is 1. The van der Waals surface area contributed by atoms with Crippen LogP contribution in [0.1, 0.15) is 42.5 Å². The number of imidazole rings is 1. The van der Waals surface area contributed by atoms with Crippen molar-refractivity contribution in [3.63, 3.8) is 0 Å². The van der Waals surface area contributed by atoms with E-state index in [4.69, 9.17) is 4.98 Å². The molecule has 0 unspecified atom stereocenters. The number of unbranched alkanes of at least 4 members (excludes halogenated alkanes) is 1. The molecule has 0 radical (unpaired) electrons. The molecule has 1 aromatic carbocycles. The zero-order valence-electron chi connectivity index (χ0n) is 14.1.